The average Bonchev–Trinajstić information content (AvgIpc) is 2.80. The summed E-state index contributed by atoms with van der Waals surface area (Å²) < 4.78 is 29.3. The monoisotopic (exact) mass is 455 g/mol. The lowest BCUT2D eigenvalue weighted by atomic mass is 9.83. The zero-order valence-corrected chi connectivity index (χ0v) is 18.2. The van der Waals surface area contributed by atoms with Crippen molar-refractivity contribution in [2.75, 3.05) is 19.0 Å². The molecule has 2 aromatic rings. The largest absolute Gasteiger partial charge is 0.449 e. The predicted molar refractivity (Wildman–Crippen MR) is 114 cm³/mol. The SMILES string of the molecule is CC(=O)OCS(=O)(=O)C1CCN(C(=O)c2ccc3c(c2)C(=O)c2ccccc2C3=O)CC1. The van der Waals surface area contributed by atoms with Gasteiger partial charge in [-0.15, -0.1) is 0 Å². The zero-order valence-electron chi connectivity index (χ0n) is 17.4. The maximum atomic E-state index is 13.0. The van der Waals surface area contributed by atoms with Crippen molar-refractivity contribution in [3.05, 3.63) is 70.3 Å². The fourth-order valence-corrected chi connectivity index (χ4v) is 5.55. The summed E-state index contributed by atoms with van der Waals surface area (Å²) in [6, 6.07) is 11.0. The Morgan fingerprint density at radius 1 is 0.938 bits per heavy atom. The zero-order chi connectivity index (χ0) is 23.0. The van der Waals surface area contributed by atoms with E-state index in [1.807, 2.05) is 0 Å². The minimum atomic E-state index is -3.61. The van der Waals surface area contributed by atoms with Crippen molar-refractivity contribution in [2.45, 2.75) is 25.0 Å². The molecule has 1 amide bonds. The second kappa shape index (κ2) is 8.31. The highest BCUT2D eigenvalue weighted by Gasteiger charge is 2.34. The molecule has 8 nitrogen and oxygen atoms in total. The first-order chi connectivity index (χ1) is 15.2. The first kappa shape index (κ1) is 21.9. The van der Waals surface area contributed by atoms with Gasteiger partial charge in [-0.2, -0.15) is 0 Å². The number of hydrogen-bond acceptors (Lipinski definition) is 7. The lowest BCUT2D eigenvalue weighted by Crippen LogP contribution is -2.43. The lowest BCUT2D eigenvalue weighted by Gasteiger charge is -2.31. The standard InChI is InChI=1S/C23H21NO7S/c1-14(25)31-13-32(29,30)16-8-10-24(11-9-16)23(28)15-6-7-19-20(12-15)22(27)18-5-3-2-4-17(18)21(19)26/h2-7,12,16H,8-11,13H2,1H3. The van der Waals surface area contributed by atoms with Crippen LogP contribution in [-0.4, -0.2) is 61.0 Å². The molecule has 0 atom stereocenters. The highest BCUT2D eigenvalue weighted by Crippen LogP contribution is 2.29. The third-order valence-corrected chi connectivity index (χ3v) is 7.77. The van der Waals surface area contributed by atoms with Crippen LogP contribution in [0.15, 0.2) is 42.5 Å². The van der Waals surface area contributed by atoms with Gasteiger partial charge >= 0.3 is 5.97 Å². The number of esters is 1. The van der Waals surface area contributed by atoms with E-state index in [-0.39, 0.29) is 60.1 Å². The topological polar surface area (TPSA) is 115 Å². The van der Waals surface area contributed by atoms with E-state index in [0.29, 0.717) is 11.1 Å². The molecule has 0 spiro atoms. The van der Waals surface area contributed by atoms with E-state index < -0.39 is 27.0 Å². The fourth-order valence-electron chi connectivity index (χ4n) is 4.09. The van der Waals surface area contributed by atoms with Crippen LogP contribution in [0.25, 0.3) is 0 Å². The molecule has 1 fully saturated rings. The van der Waals surface area contributed by atoms with Gasteiger partial charge in [-0.05, 0) is 31.0 Å². The minimum Gasteiger partial charge on any atom is -0.449 e. The van der Waals surface area contributed by atoms with Crippen molar-refractivity contribution in [3.63, 3.8) is 0 Å². The van der Waals surface area contributed by atoms with E-state index >= 15 is 0 Å². The molecule has 2 aromatic carbocycles. The van der Waals surface area contributed by atoms with Gasteiger partial charge in [-0.3, -0.25) is 19.2 Å². The highest BCUT2D eigenvalue weighted by atomic mass is 32.2. The van der Waals surface area contributed by atoms with Crippen molar-refractivity contribution in [2.24, 2.45) is 0 Å². The molecule has 1 heterocycles. The fraction of sp³-hybridized carbons (Fsp3) is 0.304. The number of likely N-dealkylation sites (tertiary alicyclic amines) is 1. The Morgan fingerprint density at radius 3 is 2.09 bits per heavy atom. The van der Waals surface area contributed by atoms with Crippen LogP contribution in [0.3, 0.4) is 0 Å². The Labute approximate surface area is 185 Å². The summed E-state index contributed by atoms with van der Waals surface area (Å²) in [5.41, 5.74) is 1.39. The number of amides is 1. The Kier molecular flexibility index (Phi) is 5.68. The number of carbonyl (C=O) groups excluding carboxylic acids is 4. The number of carbonyl (C=O) groups is 4. The van der Waals surface area contributed by atoms with E-state index in [0.717, 1.165) is 6.92 Å². The molecule has 0 bridgehead atoms. The lowest BCUT2D eigenvalue weighted by molar-refractivity contribution is -0.138. The van der Waals surface area contributed by atoms with Crippen LogP contribution in [0, 0.1) is 0 Å². The molecule has 0 unspecified atom stereocenters. The van der Waals surface area contributed by atoms with Gasteiger partial charge < -0.3 is 9.64 Å². The number of fused-ring (bicyclic) bond motifs is 2. The van der Waals surface area contributed by atoms with E-state index in [1.54, 1.807) is 24.3 Å². The van der Waals surface area contributed by atoms with Crippen LogP contribution in [0.2, 0.25) is 0 Å². The summed E-state index contributed by atoms with van der Waals surface area (Å²) in [6.07, 6.45) is 0.455. The molecule has 4 rings (SSSR count). The van der Waals surface area contributed by atoms with Gasteiger partial charge in [0.05, 0.1) is 5.25 Å². The molecule has 1 aliphatic heterocycles. The third-order valence-electron chi connectivity index (χ3n) is 5.84. The molecule has 32 heavy (non-hydrogen) atoms. The summed E-state index contributed by atoms with van der Waals surface area (Å²) in [4.78, 5) is 51.0. The van der Waals surface area contributed by atoms with Crippen molar-refractivity contribution in [1.82, 2.24) is 4.90 Å². The summed E-state index contributed by atoms with van der Waals surface area (Å²) >= 11 is 0. The van der Waals surface area contributed by atoms with Crippen LogP contribution in [0.4, 0.5) is 0 Å². The number of rotatable bonds is 4. The first-order valence-electron chi connectivity index (χ1n) is 10.2. The van der Waals surface area contributed by atoms with E-state index in [2.05, 4.69) is 4.74 Å². The summed E-state index contributed by atoms with van der Waals surface area (Å²) in [5, 5.41) is -0.690. The van der Waals surface area contributed by atoms with Crippen LogP contribution in [-0.2, 0) is 19.4 Å². The summed E-state index contributed by atoms with van der Waals surface area (Å²) in [6.45, 7) is 1.58. The molecule has 0 saturated carbocycles. The van der Waals surface area contributed by atoms with Gasteiger partial charge in [0.15, 0.2) is 27.3 Å². The number of ether oxygens (including phenoxy) is 1. The number of piperidine rings is 1. The first-order valence-corrected chi connectivity index (χ1v) is 11.9. The summed E-state index contributed by atoms with van der Waals surface area (Å²) in [7, 11) is -3.61. The predicted octanol–water partition coefficient (Wildman–Crippen LogP) is 2.00. The number of nitrogens with zero attached hydrogens (tertiary/aromatic N) is 1. The van der Waals surface area contributed by atoms with Crippen molar-refractivity contribution >= 4 is 33.3 Å². The molecule has 0 radical (unpaired) electrons. The molecule has 1 saturated heterocycles. The second-order valence-corrected chi connectivity index (χ2v) is 10.1. The molecule has 166 valence electrons. The van der Waals surface area contributed by atoms with Gasteiger partial charge in [0, 0.05) is 47.8 Å². The molecular formula is C23H21NO7S. The van der Waals surface area contributed by atoms with Crippen LogP contribution < -0.4 is 0 Å². The Hall–Kier alpha value is -3.33. The smallest absolute Gasteiger partial charge is 0.303 e. The molecular weight excluding hydrogens is 434 g/mol. The normalized spacial score (nSPS) is 16.3. The van der Waals surface area contributed by atoms with Crippen LogP contribution >= 0.6 is 0 Å². The van der Waals surface area contributed by atoms with Gasteiger partial charge in [-0.25, -0.2) is 8.42 Å². The maximum absolute atomic E-state index is 13.0. The van der Waals surface area contributed by atoms with E-state index in [4.69, 9.17) is 0 Å². The number of sulfone groups is 1. The molecule has 2 aliphatic rings. The minimum absolute atomic E-state index is 0.193. The van der Waals surface area contributed by atoms with E-state index in [9.17, 15) is 27.6 Å². The molecule has 0 N–H and O–H groups in total. The van der Waals surface area contributed by atoms with Gasteiger partial charge in [0.25, 0.3) is 5.91 Å². The van der Waals surface area contributed by atoms with E-state index in [1.165, 1.54) is 23.1 Å². The van der Waals surface area contributed by atoms with Gasteiger partial charge in [0.1, 0.15) is 0 Å². The summed E-state index contributed by atoms with van der Waals surface area (Å²) in [5.74, 6) is -2.22. The van der Waals surface area contributed by atoms with Gasteiger partial charge in [0.2, 0.25) is 0 Å². The highest BCUT2D eigenvalue weighted by molar-refractivity contribution is 7.91. The molecule has 0 aromatic heterocycles. The Balaban J connectivity index is 1.49. The number of ketones is 2. The number of hydrogen-bond donors (Lipinski definition) is 0. The van der Waals surface area contributed by atoms with Crippen LogP contribution in [0.1, 0.15) is 62.0 Å². The average molecular weight is 455 g/mol. The third kappa shape index (κ3) is 3.95. The maximum Gasteiger partial charge on any atom is 0.303 e. The molecule has 9 heteroatoms. The van der Waals surface area contributed by atoms with Gasteiger partial charge in [-0.1, -0.05) is 24.3 Å². The van der Waals surface area contributed by atoms with Crippen molar-refractivity contribution in [1.29, 1.82) is 0 Å². The quantitative estimate of drug-likeness (QED) is 0.553. The Morgan fingerprint density at radius 2 is 1.50 bits per heavy atom. The molecule has 1 aliphatic carbocycles. The van der Waals surface area contributed by atoms with Crippen molar-refractivity contribution < 1.29 is 32.3 Å². The van der Waals surface area contributed by atoms with Crippen molar-refractivity contribution in [3.8, 4) is 0 Å². The number of benzene rings is 2. The Bertz CT molecular complexity index is 1240. The van der Waals surface area contributed by atoms with Crippen LogP contribution in [0.5, 0.6) is 0 Å². The second-order valence-electron chi connectivity index (χ2n) is 7.87.